The monoisotopic (exact) mass is 189 g/mol. The molecule has 0 aliphatic heterocycles. The standard InChI is InChI=1S/C9H11NO2.Na.H/c10-6-5-7-1-3-8(4-2-7)9(11)12;;/h1-4H,5-6,10H2,(H,11,12);;/q;+1;-1. The topological polar surface area (TPSA) is 63.3 Å². The fourth-order valence-electron chi connectivity index (χ4n) is 0.981. The molecular formula is C9H12NNaO2. The molecular weight excluding hydrogens is 177 g/mol. The van der Waals surface area contributed by atoms with E-state index in [0.717, 1.165) is 12.0 Å². The maximum absolute atomic E-state index is 10.4. The number of aromatic carboxylic acids is 1. The Morgan fingerprint density at radius 3 is 2.31 bits per heavy atom. The molecule has 66 valence electrons. The van der Waals surface area contributed by atoms with Crippen LogP contribution in [-0.2, 0) is 6.42 Å². The third-order valence-corrected chi connectivity index (χ3v) is 1.63. The Labute approximate surface area is 101 Å². The van der Waals surface area contributed by atoms with E-state index in [-0.39, 0.29) is 31.0 Å². The minimum absolute atomic E-state index is 0. The molecule has 13 heavy (non-hydrogen) atoms. The molecule has 0 unspecified atom stereocenters. The Kier molecular flexibility index (Phi) is 5.99. The van der Waals surface area contributed by atoms with Gasteiger partial charge in [-0.15, -0.1) is 0 Å². The second-order valence-electron chi connectivity index (χ2n) is 2.54. The molecule has 1 rings (SSSR count). The largest absolute Gasteiger partial charge is 1.00 e. The number of benzene rings is 1. The molecule has 0 aliphatic carbocycles. The number of rotatable bonds is 3. The average molecular weight is 189 g/mol. The normalized spacial score (nSPS) is 9.00. The van der Waals surface area contributed by atoms with Gasteiger partial charge in [-0.25, -0.2) is 4.79 Å². The van der Waals surface area contributed by atoms with Crippen molar-refractivity contribution in [1.29, 1.82) is 0 Å². The Bertz CT molecular complexity index is 277. The first-order chi connectivity index (χ1) is 5.74. The van der Waals surface area contributed by atoms with Gasteiger partial charge in [0.05, 0.1) is 5.56 Å². The maximum atomic E-state index is 10.4. The number of carbonyl (C=O) groups is 1. The van der Waals surface area contributed by atoms with Crippen LogP contribution in [0.3, 0.4) is 0 Å². The number of carboxylic acid groups (broad SMARTS) is 1. The molecule has 4 heteroatoms. The van der Waals surface area contributed by atoms with Crippen LogP contribution in [0.4, 0.5) is 0 Å². The fourth-order valence-corrected chi connectivity index (χ4v) is 0.981. The van der Waals surface area contributed by atoms with E-state index in [1.807, 2.05) is 0 Å². The maximum Gasteiger partial charge on any atom is 1.00 e. The SMILES string of the molecule is NCCc1ccc(C(=O)O)cc1.[H-].[Na+]. The van der Waals surface area contributed by atoms with Crippen LogP contribution >= 0.6 is 0 Å². The molecule has 0 heterocycles. The van der Waals surface area contributed by atoms with Crippen molar-refractivity contribution in [1.82, 2.24) is 0 Å². The molecule has 0 fully saturated rings. The van der Waals surface area contributed by atoms with Crippen LogP contribution in [0.5, 0.6) is 0 Å². The van der Waals surface area contributed by atoms with Gasteiger partial charge in [0.25, 0.3) is 0 Å². The molecule has 0 bridgehead atoms. The summed E-state index contributed by atoms with van der Waals surface area (Å²) in [4.78, 5) is 10.4. The van der Waals surface area contributed by atoms with Gasteiger partial charge in [0.2, 0.25) is 0 Å². The van der Waals surface area contributed by atoms with E-state index in [4.69, 9.17) is 10.8 Å². The van der Waals surface area contributed by atoms with E-state index in [2.05, 4.69) is 0 Å². The Morgan fingerprint density at radius 2 is 1.92 bits per heavy atom. The Balaban J connectivity index is 0. The summed E-state index contributed by atoms with van der Waals surface area (Å²) >= 11 is 0. The summed E-state index contributed by atoms with van der Waals surface area (Å²) in [5.41, 5.74) is 6.73. The first kappa shape index (κ1) is 12.7. The molecule has 0 amide bonds. The smallest absolute Gasteiger partial charge is 1.00 e. The molecule has 1 aromatic rings. The van der Waals surface area contributed by atoms with Crippen LogP contribution in [0.25, 0.3) is 0 Å². The first-order valence-electron chi connectivity index (χ1n) is 3.76. The molecule has 3 nitrogen and oxygen atoms in total. The van der Waals surface area contributed by atoms with Crippen LogP contribution in [0.15, 0.2) is 24.3 Å². The van der Waals surface area contributed by atoms with Crippen molar-refractivity contribution in [3.05, 3.63) is 35.4 Å². The van der Waals surface area contributed by atoms with Gasteiger partial charge in [-0.2, -0.15) is 0 Å². The Hall–Kier alpha value is -0.350. The van der Waals surface area contributed by atoms with Gasteiger partial charge in [0.15, 0.2) is 0 Å². The molecule has 0 spiro atoms. The molecule has 0 saturated heterocycles. The minimum atomic E-state index is -0.894. The van der Waals surface area contributed by atoms with Crippen molar-refractivity contribution in [2.75, 3.05) is 6.54 Å². The van der Waals surface area contributed by atoms with Crippen molar-refractivity contribution < 1.29 is 40.9 Å². The molecule has 0 atom stereocenters. The van der Waals surface area contributed by atoms with Crippen LogP contribution < -0.4 is 35.3 Å². The number of hydrogen-bond acceptors (Lipinski definition) is 2. The van der Waals surface area contributed by atoms with Gasteiger partial charge < -0.3 is 12.3 Å². The molecule has 0 saturated carbocycles. The summed E-state index contributed by atoms with van der Waals surface area (Å²) in [6, 6.07) is 6.76. The average Bonchev–Trinajstić information content (AvgIpc) is 2.06. The predicted molar refractivity (Wildman–Crippen MR) is 47.3 cm³/mol. The summed E-state index contributed by atoms with van der Waals surface area (Å²) in [6.45, 7) is 0.590. The van der Waals surface area contributed by atoms with Gasteiger partial charge >= 0.3 is 35.5 Å². The molecule has 3 N–H and O–H groups in total. The predicted octanol–water partition coefficient (Wildman–Crippen LogP) is -2.00. The van der Waals surface area contributed by atoms with Gasteiger partial charge in [-0.05, 0) is 30.7 Å². The van der Waals surface area contributed by atoms with Gasteiger partial charge in [0, 0.05) is 0 Å². The second kappa shape index (κ2) is 6.16. The van der Waals surface area contributed by atoms with Crippen molar-refractivity contribution >= 4 is 5.97 Å². The van der Waals surface area contributed by atoms with Crippen molar-refractivity contribution in [3.63, 3.8) is 0 Å². The first-order valence-corrected chi connectivity index (χ1v) is 3.76. The summed E-state index contributed by atoms with van der Waals surface area (Å²) in [6.07, 6.45) is 0.792. The van der Waals surface area contributed by atoms with Crippen LogP contribution in [0, 0.1) is 0 Å². The zero-order valence-electron chi connectivity index (χ0n) is 8.66. The summed E-state index contributed by atoms with van der Waals surface area (Å²) in [5, 5.41) is 8.58. The van der Waals surface area contributed by atoms with Crippen LogP contribution in [0.2, 0.25) is 0 Å². The van der Waals surface area contributed by atoms with E-state index in [1.165, 1.54) is 0 Å². The summed E-state index contributed by atoms with van der Waals surface area (Å²) in [5.74, 6) is -0.894. The van der Waals surface area contributed by atoms with Crippen LogP contribution in [-0.4, -0.2) is 17.6 Å². The minimum Gasteiger partial charge on any atom is -1.00 e. The summed E-state index contributed by atoms with van der Waals surface area (Å²) in [7, 11) is 0. The summed E-state index contributed by atoms with van der Waals surface area (Å²) < 4.78 is 0. The van der Waals surface area contributed by atoms with Crippen molar-refractivity contribution in [2.45, 2.75) is 6.42 Å². The molecule has 0 aromatic heterocycles. The third-order valence-electron chi connectivity index (χ3n) is 1.63. The van der Waals surface area contributed by atoms with Crippen molar-refractivity contribution in [3.8, 4) is 0 Å². The second-order valence-corrected chi connectivity index (χ2v) is 2.54. The quantitative estimate of drug-likeness (QED) is 0.541. The Morgan fingerprint density at radius 1 is 1.38 bits per heavy atom. The van der Waals surface area contributed by atoms with E-state index < -0.39 is 5.97 Å². The zero-order chi connectivity index (χ0) is 8.97. The third kappa shape index (κ3) is 3.91. The van der Waals surface area contributed by atoms with E-state index in [9.17, 15) is 4.79 Å². The van der Waals surface area contributed by atoms with Gasteiger partial charge in [-0.1, -0.05) is 12.1 Å². The van der Waals surface area contributed by atoms with Gasteiger partial charge in [-0.3, -0.25) is 0 Å². The van der Waals surface area contributed by atoms with E-state index in [0.29, 0.717) is 12.1 Å². The number of hydrogen-bond donors (Lipinski definition) is 2. The van der Waals surface area contributed by atoms with Gasteiger partial charge in [0.1, 0.15) is 0 Å². The fraction of sp³-hybridized carbons (Fsp3) is 0.222. The van der Waals surface area contributed by atoms with Crippen LogP contribution in [0.1, 0.15) is 17.3 Å². The zero-order valence-corrected chi connectivity index (χ0v) is 9.66. The molecule has 0 aliphatic rings. The number of nitrogens with two attached hydrogens (primary N) is 1. The van der Waals surface area contributed by atoms with E-state index in [1.54, 1.807) is 24.3 Å². The molecule has 0 radical (unpaired) electrons. The van der Waals surface area contributed by atoms with E-state index >= 15 is 0 Å². The number of carboxylic acids is 1. The molecule has 1 aromatic carbocycles. The van der Waals surface area contributed by atoms with Crippen molar-refractivity contribution in [2.24, 2.45) is 5.73 Å².